The Bertz CT molecular complexity index is 1450. The van der Waals surface area contributed by atoms with Crippen LogP contribution in [0.25, 0.3) is 11.1 Å². The predicted molar refractivity (Wildman–Crippen MR) is 148 cm³/mol. The number of fused-ring (bicyclic) bond motifs is 3. The molecule has 7 rings (SSSR count). The molecule has 2 fully saturated rings. The number of benzene rings is 4. The van der Waals surface area contributed by atoms with Gasteiger partial charge < -0.3 is 18.9 Å². The highest BCUT2D eigenvalue weighted by Gasteiger charge is 2.46. The average Bonchev–Trinajstić information content (AvgIpc) is 3.89. The third-order valence-corrected chi connectivity index (χ3v) is 8.09. The van der Waals surface area contributed by atoms with Gasteiger partial charge in [-0.2, -0.15) is 0 Å². The Hall–Kier alpha value is -3.60. The van der Waals surface area contributed by atoms with Gasteiger partial charge in [0.15, 0.2) is 0 Å². The second-order valence-corrected chi connectivity index (χ2v) is 10.5. The Balaban J connectivity index is 1.41. The molecule has 0 N–H and O–H groups in total. The summed E-state index contributed by atoms with van der Waals surface area (Å²) >= 11 is 0. The highest BCUT2D eigenvalue weighted by molar-refractivity contribution is 5.86. The van der Waals surface area contributed by atoms with Crippen LogP contribution in [0.4, 0.5) is 0 Å². The van der Waals surface area contributed by atoms with Crippen molar-refractivity contribution in [3.05, 3.63) is 118 Å². The Morgan fingerprint density at radius 2 is 1.24 bits per heavy atom. The lowest BCUT2D eigenvalue weighted by atomic mass is 9.67. The van der Waals surface area contributed by atoms with Crippen molar-refractivity contribution in [1.29, 1.82) is 0 Å². The van der Waals surface area contributed by atoms with Gasteiger partial charge in [-0.15, -0.1) is 0 Å². The van der Waals surface area contributed by atoms with Crippen LogP contribution in [0.1, 0.15) is 40.3 Å². The highest BCUT2D eigenvalue weighted by atomic mass is 16.6. The summed E-state index contributed by atoms with van der Waals surface area (Å²) < 4.78 is 23.0. The van der Waals surface area contributed by atoms with Crippen molar-refractivity contribution in [3.63, 3.8) is 0 Å². The molecule has 0 amide bonds. The predicted octanol–water partition coefficient (Wildman–Crippen LogP) is 6.48. The second kappa shape index (κ2) is 9.30. The standard InChI is InChI=1S/C34H32O4/c1-3-23-17-25(13-15-33(23)38-21-27-19-36-27)34(24-12-14-32(22(2)16-24)37-20-26-18-35-26)30-10-6-4-8-28(30)29-9-5-7-11-31(29)34/h4-17,26-27H,3,18-21H2,1-2H3. The van der Waals surface area contributed by atoms with Gasteiger partial charge in [0.1, 0.15) is 36.9 Å². The lowest BCUT2D eigenvalue weighted by Gasteiger charge is -2.35. The summed E-state index contributed by atoms with van der Waals surface area (Å²) in [5.41, 5.74) is 9.58. The lowest BCUT2D eigenvalue weighted by Crippen LogP contribution is -2.29. The molecule has 2 heterocycles. The first-order valence-corrected chi connectivity index (χ1v) is 13.6. The van der Waals surface area contributed by atoms with E-state index < -0.39 is 5.41 Å². The van der Waals surface area contributed by atoms with Crippen LogP contribution in [0.5, 0.6) is 11.5 Å². The SMILES string of the molecule is CCc1cc(C2(c3ccc(OCC4CO4)c(C)c3)c3ccccc3-c3ccccc32)ccc1OCC1CO1. The van der Waals surface area contributed by atoms with Crippen LogP contribution < -0.4 is 9.47 Å². The third-order valence-electron chi connectivity index (χ3n) is 8.09. The van der Waals surface area contributed by atoms with Crippen LogP contribution >= 0.6 is 0 Å². The van der Waals surface area contributed by atoms with Gasteiger partial charge in [-0.25, -0.2) is 0 Å². The number of rotatable bonds is 9. The topological polar surface area (TPSA) is 43.5 Å². The van der Waals surface area contributed by atoms with E-state index in [1.807, 2.05) is 0 Å². The molecule has 0 bridgehead atoms. The minimum Gasteiger partial charge on any atom is -0.491 e. The normalized spacial score (nSPS) is 19.9. The molecular formula is C34H32O4. The summed E-state index contributed by atoms with van der Waals surface area (Å²) in [6, 6.07) is 31.1. The first-order chi connectivity index (χ1) is 18.7. The maximum absolute atomic E-state index is 6.18. The maximum Gasteiger partial charge on any atom is 0.122 e. The average molecular weight is 505 g/mol. The van der Waals surface area contributed by atoms with Gasteiger partial charge in [-0.05, 0) is 70.0 Å². The zero-order valence-electron chi connectivity index (χ0n) is 21.9. The molecule has 3 aliphatic rings. The molecule has 0 aromatic heterocycles. The summed E-state index contributed by atoms with van der Waals surface area (Å²) in [6.07, 6.45) is 1.35. The van der Waals surface area contributed by atoms with Gasteiger partial charge in [0.25, 0.3) is 0 Å². The fourth-order valence-corrected chi connectivity index (χ4v) is 5.99. The van der Waals surface area contributed by atoms with E-state index in [4.69, 9.17) is 18.9 Å². The molecule has 2 atom stereocenters. The van der Waals surface area contributed by atoms with Gasteiger partial charge >= 0.3 is 0 Å². The fourth-order valence-electron chi connectivity index (χ4n) is 5.99. The van der Waals surface area contributed by atoms with Crippen LogP contribution in [0.15, 0.2) is 84.9 Å². The van der Waals surface area contributed by atoms with Gasteiger partial charge in [0.2, 0.25) is 0 Å². The van der Waals surface area contributed by atoms with Crippen LogP contribution in [0, 0.1) is 6.92 Å². The lowest BCUT2D eigenvalue weighted by molar-refractivity contribution is 0.261. The van der Waals surface area contributed by atoms with Crippen molar-refractivity contribution < 1.29 is 18.9 Å². The summed E-state index contributed by atoms with van der Waals surface area (Å²) in [4.78, 5) is 0. The van der Waals surface area contributed by atoms with E-state index in [2.05, 4.69) is 98.8 Å². The molecule has 0 saturated carbocycles. The maximum atomic E-state index is 6.18. The molecule has 192 valence electrons. The van der Waals surface area contributed by atoms with Gasteiger partial charge in [-0.1, -0.05) is 79.7 Å². The van der Waals surface area contributed by atoms with E-state index in [1.54, 1.807) is 0 Å². The Labute approximate surface area is 224 Å². The smallest absolute Gasteiger partial charge is 0.122 e. The largest absolute Gasteiger partial charge is 0.491 e. The molecule has 1 aliphatic carbocycles. The molecule has 4 nitrogen and oxygen atoms in total. The van der Waals surface area contributed by atoms with Crippen LogP contribution in [0.3, 0.4) is 0 Å². The third kappa shape index (κ3) is 3.91. The van der Waals surface area contributed by atoms with Crippen molar-refractivity contribution in [2.75, 3.05) is 26.4 Å². The van der Waals surface area contributed by atoms with E-state index in [0.29, 0.717) is 13.2 Å². The van der Waals surface area contributed by atoms with Crippen LogP contribution in [-0.2, 0) is 21.3 Å². The summed E-state index contributed by atoms with van der Waals surface area (Å²) in [6.45, 7) is 7.13. The second-order valence-electron chi connectivity index (χ2n) is 10.5. The molecule has 0 radical (unpaired) electrons. The minimum atomic E-state index is -0.446. The zero-order chi connectivity index (χ0) is 25.7. The Morgan fingerprint density at radius 1 is 0.711 bits per heavy atom. The Kier molecular flexibility index (Phi) is 5.75. The highest BCUT2D eigenvalue weighted by Crippen LogP contribution is 2.56. The van der Waals surface area contributed by atoms with E-state index in [-0.39, 0.29) is 12.2 Å². The van der Waals surface area contributed by atoms with Crippen molar-refractivity contribution in [2.24, 2.45) is 0 Å². The van der Waals surface area contributed by atoms with Crippen LogP contribution in [-0.4, -0.2) is 38.6 Å². The summed E-state index contributed by atoms with van der Waals surface area (Å²) in [5, 5.41) is 0. The Morgan fingerprint density at radius 3 is 1.79 bits per heavy atom. The monoisotopic (exact) mass is 504 g/mol. The molecule has 2 saturated heterocycles. The fraction of sp³-hybridized carbons (Fsp3) is 0.294. The molecule has 38 heavy (non-hydrogen) atoms. The molecule has 4 aromatic rings. The van der Waals surface area contributed by atoms with E-state index in [9.17, 15) is 0 Å². The van der Waals surface area contributed by atoms with Crippen molar-refractivity contribution in [1.82, 2.24) is 0 Å². The molecule has 2 aliphatic heterocycles. The van der Waals surface area contributed by atoms with Gasteiger partial charge in [0, 0.05) is 0 Å². The molecule has 4 aromatic carbocycles. The molecule has 2 unspecified atom stereocenters. The molecule has 4 heteroatoms. The minimum absolute atomic E-state index is 0.230. The number of aryl methyl sites for hydroxylation is 2. The molecule has 0 spiro atoms. The van der Waals surface area contributed by atoms with E-state index >= 15 is 0 Å². The van der Waals surface area contributed by atoms with E-state index in [1.165, 1.54) is 38.9 Å². The quantitative estimate of drug-likeness (QED) is 0.216. The zero-order valence-corrected chi connectivity index (χ0v) is 21.9. The number of hydrogen-bond donors (Lipinski definition) is 0. The first kappa shape index (κ1) is 23.5. The summed E-state index contributed by atoms with van der Waals surface area (Å²) in [7, 11) is 0. The summed E-state index contributed by atoms with van der Waals surface area (Å²) in [5.74, 6) is 1.86. The number of epoxide rings is 2. The van der Waals surface area contributed by atoms with Crippen molar-refractivity contribution in [2.45, 2.75) is 37.9 Å². The van der Waals surface area contributed by atoms with Crippen LogP contribution in [0.2, 0.25) is 0 Å². The number of hydrogen-bond acceptors (Lipinski definition) is 4. The molecular weight excluding hydrogens is 472 g/mol. The number of ether oxygens (including phenoxy) is 4. The van der Waals surface area contributed by atoms with E-state index in [0.717, 1.165) is 36.7 Å². The first-order valence-electron chi connectivity index (χ1n) is 13.6. The van der Waals surface area contributed by atoms with Crippen molar-refractivity contribution in [3.8, 4) is 22.6 Å². The van der Waals surface area contributed by atoms with Gasteiger partial charge in [0.05, 0.1) is 18.6 Å². The van der Waals surface area contributed by atoms with Gasteiger partial charge in [-0.3, -0.25) is 0 Å². The van der Waals surface area contributed by atoms with Crippen molar-refractivity contribution >= 4 is 0 Å².